The van der Waals surface area contributed by atoms with Gasteiger partial charge in [0.25, 0.3) is 0 Å². The van der Waals surface area contributed by atoms with Crippen LogP contribution in [0.2, 0.25) is 0 Å². The van der Waals surface area contributed by atoms with Gasteiger partial charge in [0.1, 0.15) is 5.78 Å². The van der Waals surface area contributed by atoms with E-state index in [2.05, 4.69) is 4.90 Å². The second kappa shape index (κ2) is 3.34. The van der Waals surface area contributed by atoms with Gasteiger partial charge in [0.2, 0.25) is 0 Å². The van der Waals surface area contributed by atoms with Crippen molar-refractivity contribution in [2.45, 2.75) is 44.6 Å². The van der Waals surface area contributed by atoms with Crippen LogP contribution in [0.4, 0.5) is 0 Å². The predicted octanol–water partition coefficient (Wildman–Crippen LogP) is 1.84. The highest BCUT2D eigenvalue weighted by molar-refractivity contribution is 5.84. The lowest BCUT2D eigenvalue weighted by Gasteiger charge is -2.36. The molecule has 0 aromatic heterocycles. The van der Waals surface area contributed by atoms with Crippen LogP contribution in [0.3, 0.4) is 0 Å². The van der Waals surface area contributed by atoms with Gasteiger partial charge in [0.15, 0.2) is 0 Å². The quantitative estimate of drug-likeness (QED) is 0.633. The van der Waals surface area contributed by atoms with E-state index in [-0.39, 0.29) is 0 Å². The average Bonchev–Trinajstić information content (AvgIpc) is 2.77. The van der Waals surface area contributed by atoms with E-state index in [4.69, 9.17) is 0 Å². The Morgan fingerprint density at radius 3 is 2.43 bits per heavy atom. The maximum absolute atomic E-state index is 11.4. The fraction of sp³-hybridized carbons (Fsp3) is 0.917. The summed E-state index contributed by atoms with van der Waals surface area (Å²) in [4.78, 5) is 14.1. The van der Waals surface area contributed by atoms with Crippen molar-refractivity contribution in [3.05, 3.63) is 0 Å². The Labute approximate surface area is 85.7 Å². The van der Waals surface area contributed by atoms with Crippen molar-refractivity contribution >= 4 is 5.78 Å². The van der Waals surface area contributed by atoms with Crippen LogP contribution in [-0.4, -0.2) is 29.8 Å². The van der Waals surface area contributed by atoms with Crippen molar-refractivity contribution in [1.29, 1.82) is 0 Å². The molecule has 2 nitrogen and oxygen atoms in total. The number of nitrogens with zero attached hydrogens (tertiary/aromatic N) is 1. The number of hydrogen-bond acceptors (Lipinski definition) is 2. The molecule has 14 heavy (non-hydrogen) atoms. The number of rotatable bonds is 1. The molecular formula is C12H19NO. The van der Waals surface area contributed by atoms with Crippen LogP contribution in [-0.2, 0) is 4.79 Å². The third kappa shape index (κ3) is 1.31. The molecule has 2 aliphatic carbocycles. The minimum absolute atomic E-state index is 0.451. The minimum atomic E-state index is 0.451. The summed E-state index contributed by atoms with van der Waals surface area (Å²) in [5, 5.41) is 0. The Morgan fingerprint density at radius 2 is 1.86 bits per heavy atom. The number of carbonyl (C=O) groups is 1. The first-order valence-corrected chi connectivity index (χ1v) is 6.11. The predicted molar refractivity (Wildman–Crippen MR) is 55.1 cm³/mol. The first-order valence-electron chi connectivity index (χ1n) is 6.11. The smallest absolute Gasteiger partial charge is 0.136 e. The van der Waals surface area contributed by atoms with E-state index in [1.54, 1.807) is 0 Å². The lowest BCUT2D eigenvalue weighted by Crippen LogP contribution is -2.43. The number of hydrogen-bond donors (Lipinski definition) is 0. The number of Topliss-reactive ketones (excluding diaryl/α,β-unsaturated/α-hetero) is 1. The van der Waals surface area contributed by atoms with Crippen molar-refractivity contribution in [2.24, 2.45) is 11.8 Å². The first kappa shape index (κ1) is 8.90. The highest BCUT2D eigenvalue weighted by atomic mass is 16.1. The summed E-state index contributed by atoms with van der Waals surface area (Å²) in [6.45, 7) is 2.59. The van der Waals surface area contributed by atoms with Crippen molar-refractivity contribution < 1.29 is 4.79 Å². The van der Waals surface area contributed by atoms with Crippen LogP contribution in [0, 0.1) is 11.8 Å². The molecular weight excluding hydrogens is 174 g/mol. The zero-order valence-corrected chi connectivity index (χ0v) is 8.74. The number of fused-ring (bicyclic) bond motifs is 2. The van der Waals surface area contributed by atoms with Gasteiger partial charge in [-0.15, -0.1) is 0 Å². The first-order chi connectivity index (χ1) is 6.84. The van der Waals surface area contributed by atoms with Crippen LogP contribution in [0.1, 0.15) is 38.5 Å². The Balaban J connectivity index is 1.67. The van der Waals surface area contributed by atoms with E-state index in [1.165, 1.54) is 45.2 Å². The van der Waals surface area contributed by atoms with E-state index in [9.17, 15) is 4.79 Å². The average molecular weight is 193 g/mol. The molecule has 1 aliphatic heterocycles. The van der Waals surface area contributed by atoms with Crippen LogP contribution >= 0.6 is 0 Å². The van der Waals surface area contributed by atoms with Crippen LogP contribution < -0.4 is 0 Å². The van der Waals surface area contributed by atoms with Crippen molar-refractivity contribution in [1.82, 2.24) is 4.90 Å². The summed E-state index contributed by atoms with van der Waals surface area (Å²) in [6, 6.07) is 0.776. The normalized spacial score (nSPS) is 43.4. The van der Waals surface area contributed by atoms with Gasteiger partial charge in [0, 0.05) is 18.4 Å². The van der Waals surface area contributed by atoms with Crippen LogP contribution in [0.25, 0.3) is 0 Å². The monoisotopic (exact) mass is 193 g/mol. The summed E-state index contributed by atoms with van der Waals surface area (Å²) in [5.74, 6) is 1.74. The maximum atomic E-state index is 11.4. The largest absolute Gasteiger partial charge is 0.300 e. The molecule has 1 heterocycles. The molecule has 2 bridgehead atoms. The van der Waals surface area contributed by atoms with Crippen LogP contribution in [0.5, 0.6) is 0 Å². The topological polar surface area (TPSA) is 20.3 Å². The molecule has 0 N–H and O–H groups in total. The summed E-state index contributed by atoms with van der Waals surface area (Å²) in [7, 11) is 0. The number of piperidine rings is 1. The molecule has 2 saturated carbocycles. The van der Waals surface area contributed by atoms with Gasteiger partial charge in [-0.1, -0.05) is 6.42 Å². The number of ketones is 1. The van der Waals surface area contributed by atoms with Gasteiger partial charge in [-0.3, -0.25) is 4.79 Å². The standard InChI is InChI=1S/C12H19NO/c14-12-8-9-6-10(12)7-11(9)13-4-2-1-3-5-13/h9-11H,1-8H2/t9-,10-,11+/m0/s1. The fourth-order valence-corrected chi connectivity index (χ4v) is 3.71. The fourth-order valence-electron chi connectivity index (χ4n) is 3.71. The van der Waals surface area contributed by atoms with Gasteiger partial charge in [-0.05, 0) is 44.7 Å². The van der Waals surface area contributed by atoms with E-state index in [0.29, 0.717) is 11.7 Å². The van der Waals surface area contributed by atoms with Gasteiger partial charge < -0.3 is 4.90 Å². The third-order valence-electron chi connectivity index (χ3n) is 4.44. The Morgan fingerprint density at radius 1 is 1.07 bits per heavy atom. The van der Waals surface area contributed by atoms with Gasteiger partial charge in [-0.25, -0.2) is 0 Å². The second-order valence-electron chi connectivity index (χ2n) is 5.26. The molecule has 0 aromatic carbocycles. The van der Waals surface area contributed by atoms with E-state index in [1.807, 2.05) is 0 Å². The molecule has 0 spiro atoms. The third-order valence-corrected chi connectivity index (χ3v) is 4.44. The summed E-state index contributed by atoms with van der Waals surface area (Å²) in [6.07, 6.45) is 7.45. The number of carbonyl (C=O) groups excluding carboxylic acids is 1. The Hall–Kier alpha value is -0.370. The molecule has 0 radical (unpaired) electrons. The Kier molecular flexibility index (Phi) is 2.12. The molecule has 0 amide bonds. The molecule has 78 valence electrons. The zero-order chi connectivity index (χ0) is 9.54. The second-order valence-corrected chi connectivity index (χ2v) is 5.26. The lowest BCUT2D eigenvalue weighted by molar-refractivity contribution is -0.122. The molecule has 3 atom stereocenters. The summed E-state index contributed by atoms with van der Waals surface area (Å²) >= 11 is 0. The maximum Gasteiger partial charge on any atom is 0.136 e. The summed E-state index contributed by atoms with van der Waals surface area (Å²) < 4.78 is 0. The van der Waals surface area contributed by atoms with Crippen molar-refractivity contribution in [2.75, 3.05) is 13.1 Å². The Bertz CT molecular complexity index is 245. The van der Waals surface area contributed by atoms with Crippen molar-refractivity contribution in [3.8, 4) is 0 Å². The summed E-state index contributed by atoms with van der Waals surface area (Å²) in [5.41, 5.74) is 0. The van der Waals surface area contributed by atoms with E-state index < -0.39 is 0 Å². The van der Waals surface area contributed by atoms with E-state index >= 15 is 0 Å². The molecule has 1 saturated heterocycles. The van der Waals surface area contributed by atoms with Crippen molar-refractivity contribution in [3.63, 3.8) is 0 Å². The molecule has 3 aliphatic rings. The molecule has 0 aromatic rings. The number of likely N-dealkylation sites (tertiary alicyclic amines) is 1. The molecule has 0 unspecified atom stereocenters. The van der Waals surface area contributed by atoms with Crippen LogP contribution in [0.15, 0.2) is 0 Å². The highest BCUT2D eigenvalue weighted by Gasteiger charge is 2.47. The highest BCUT2D eigenvalue weighted by Crippen LogP contribution is 2.44. The molecule has 3 fully saturated rings. The van der Waals surface area contributed by atoms with Gasteiger partial charge >= 0.3 is 0 Å². The van der Waals surface area contributed by atoms with Gasteiger partial charge in [0.05, 0.1) is 0 Å². The van der Waals surface area contributed by atoms with E-state index in [0.717, 1.165) is 18.4 Å². The molecule has 3 rings (SSSR count). The zero-order valence-electron chi connectivity index (χ0n) is 8.74. The SMILES string of the molecule is O=C1C[C@@H]2C[C@H]1C[C@H]2N1CCCCC1. The molecule has 2 heteroatoms. The lowest BCUT2D eigenvalue weighted by atomic mass is 9.92. The van der Waals surface area contributed by atoms with Gasteiger partial charge in [-0.2, -0.15) is 0 Å². The minimum Gasteiger partial charge on any atom is -0.300 e.